The van der Waals surface area contributed by atoms with E-state index in [1.54, 1.807) is 144 Å². The van der Waals surface area contributed by atoms with Crippen LogP contribution in [0.5, 0.6) is 0 Å². The summed E-state index contributed by atoms with van der Waals surface area (Å²) in [7, 11) is -13.1. The van der Waals surface area contributed by atoms with Gasteiger partial charge in [0.05, 0.1) is 14.7 Å². The van der Waals surface area contributed by atoms with E-state index in [0.29, 0.717) is 31.6 Å². The standard InChI is InChI=1S/C24H32N2O5S.C22H30N2O4S.C20H24N2O5S.C7H10BNO2.C4H6O3/c1-16(2)22(23(28)31-24(4,5)6)26-32(29,30)21-13-11-20(12-14-21)19-9-7-18(8-10-19)15-25-17(3)27;1-15(2)20(21(25)28-22(3,4)5)24-29(26,27)19-12-10-18(11-13-19)17-8-6-16(14-23)7-9-17;1-13(2)19(20(24)25)22-28(26,27)18-10-8-17(9-11-18)16-6-4-15(5-7-16)12-21-14(3)23;9-5-6-1-3-7(4-2-6)8(10)11;1-3(5)7-4(2)6/h7-14,16,22,26H,15H2,1-6H3,(H,25,27);6-13,15,20,24H,14,23H2,1-5H3;4-11,13,19,22H,12H2,1-3H3,(H,21,23)(H,24,25);1-4,10-11H,5,9H2;1-2H3/t22-;20-;19-;;/m111../s1. The lowest BCUT2D eigenvalue weighted by molar-refractivity contribution is -0.159. The molecule has 0 saturated heterocycles. The van der Waals surface area contributed by atoms with E-state index in [-0.39, 0.29) is 44.3 Å². The van der Waals surface area contributed by atoms with Crippen LogP contribution < -0.4 is 41.7 Å². The van der Waals surface area contributed by atoms with Crippen LogP contribution in [-0.4, -0.2) is 119 Å². The Morgan fingerprint density at radius 3 is 0.822 bits per heavy atom. The Morgan fingerprint density at radius 2 is 0.626 bits per heavy atom. The first-order valence-corrected chi connectivity index (χ1v) is 38.5. The Morgan fingerprint density at radius 1 is 0.393 bits per heavy atom. The van der Waals surface area contributed by atoms with E-state index in [4.69, 9.17) is 31.0 Å². The second-order valence-electron chi connectivity index (χ2n) is 27.5. The molecule has 0 heterocycles. The van der Waals surface area contributed by atoms with Crippen LogP contribution in [0, 0.1) is 17.8 Å². The van der Waals surface area contributed by atoms with Gasteiger partial charge in [-0.05, 0) is 157 Å². The minimum absolute atomic E-state index is 0.00503. The molecule has 26 nitrogen and oxygen atoms in total. The number of hydrogen-bond donors (Lipinski definition) is 10. The largest absolute Gasteiger partial charge is 0.488 e. The number of carbonyl (C=O) groups excluding carboxylic acids is 6. The van der Waals surface area contributed by atoms with Crippen molar-refractivity contribution >= 4 is 84.3 Å². The van der Waals surface area contributed by atoms with Gasteiger partial charge in [0.15, 0.2) is 0 Å². The maximum absolute atomic E-state index is 12.9. The summed E-state index contributed by atoms with van der Waals surface area (Å²) in [5.41, 5.74) is 19.3. The van der Waals surface area contributed by atoms with E-state index in [0.717, 1.165) is 55.6 Å². The fraction of sp³-hybridized carbons (Fsp3) is 0.364. The summed E-state index contributed by atoms with van der Waals surface area (Å²) in [5.74, 6) is -4.66. The van der Waals surface area contributed by atoms with Crippen molar-refractivity contribution in [2.75, 3.05) is 0 Å². The molecule has 3 atom stereocenters. The van der Waals surface area contributed by atoms with Gasteiger partial charge in [0.2, 0.25) is 41.9 Å². The highest BCUT2D eigenvalue weighted by Crippen LogP contribution is 2.27. The normalized spacial score (nSPS) is 12.3. The first-order chi connectivity index (χ1) is 49.7. The fourth-order valence-electron chi connectivity index (χ4n) is 9.24. The quantitative estimate of drug-likeness (QED) is 0.0111. The van der Waals surface area contributed by atoms with Crippen LogP contribution in [0.3, 0.4) is 0 Å². The Labute approximate surface area is 629 Å². The molecule has 7 aromatic carbocycles. The Balaban J connectivity index is 0.000000372. The predicted octanol–water partition coefficient (Wildman–Crippen LogP) is 8.39. The van der Waals surface area contributed by atoms with Crippen LogP contribution in [0.1, 0.15) is 133 Å². The molecular formula is C77H102BN7O19S3. The number of hydrogen-bond acceptors (Lipinski definition) is 20. The van der Waals surface area contributed by atoms with Gasteiger partial charge < -0.3 is 51.5 Å². The molecule has 7 rings (SSSR count). The molecule has 0 spiro atoms. The fourth-order valence-corrected chi connectivity index (χ4v) is 13.2. The van der Waals surface area contributed by atoms with Crippen molar-refractivity contribution in [2.45, 2.75) is 181 Å². The van der Waals surface area contributed by atoms with E-state index in [1.165, 1.54) is 64.1 Å². The third kappa shape index (κ3) is 33.1. The average Bonchev–Trinajstić information content (AvgIpc) is 0.821. The van der Waals surface area contributed by atoms with Gasteiger partial charge in [0.1, 0.15) is 29.3 Å². The van der Waals surface area contributed by atoms with Crippen molar-refractivity contribution in [1.29, 1.82) is 0 Å². The highest BCUT2D eigenvalue weighted by Gasteiger charge is 2.34. The van der Waals surface area contributed by atoms with Crippen LogP contribution in [0.4, 0.5) is 0 Å². The zero-order valence-corrected chi connectivity index (χ0v) is 65.7. The highest BCUT2D eigenvalue weighted by atomic mass is 32.2. The summed E-state index contributed by atoms with van der Waals surface area (Å²) in [6.07, 6.45) is 0. The number of carboxylic acids is 1. The summed E-state index contributed by atoms with van der Waals surface area (Å²) >= 11 is 0. The molecule has 0 unspecified atom stereocenters. The Bertz CT molecular complexity index is 4390. The van der Waals surface area contributed by atoms with Crippen molar-refractivity contribution in [3.63, 3.8) is 0 Å². The van der Waals surface area contributed by atoms with Gasteiger partial charge in [0.25, 0.3) is 0 Å². The van der Waals surface area contributed by atoms with Crippen molar-refractivity contribution in [1.82, 2.24) is 24.8 Å². The minimum Gasteiger partial charge on any atom is -0.480 e. The van der Waals surface area contributed by atoms with Crippen LogP contribution in [0.2, 0.25) is 0 Å². The van der Waals surface area contributed by atoms with Crippen LogP contribution in [-0.2, 0) is 104 Å². The number of amides is 2. The van der Waals surface area contributed by atoms with Gasteiger partial charge in [-0.15, -0.1) is 0 Å². The third-order valence-corrected chi connectivity index (χ3v) is 19.3. The number of sulfonamides is 3. The molecule has 0 saturated carbocycles. The zero-order chi connectivity index (χ0) is 81.0. The molecule has 30 heteroatoms. The molecule has 0 bridgehead atoms. The van der Waals surface area contributed by atoms with Crippen LogP contribution in [0.15, 0.2) is 185 Å². The molecule has 0 aliphatic rings. The molecule has 0 radical (unpaired) electrons. The highest BCUT2D eigenvalue weighted by molar-refractivity contribution is 7.90. The zero-order valence-electron chi connectivity index (χ0n) is 63.3. The summed E-state index contributed by atoms with van der Waals surface area (Å²) in [4.78, 5) is 78.0. The Kier molecular flexibility index (Phi) is 36.3. The van der Waals surface area contributed by atoms with Crippen molar-refractivity contribution < 1.29 is 88.2 Å². The first-order valence-electron chi connectivity index (χ1n) is 34.0. The van der Waals surface area contributed by atoms with E-state index in [9.17, 15) is 63.9 Å². The molecule has 7 aromatic rings. The summed E-state index contributed by atoms with van der Waals surface area (Å²) in [6, 6.07) is 45.9. The van der Waals surface area contributed by atoms with Crippen molar-refractivity contribution in [2.24, 2.45) is 29.2 Å². The number of nitrogens with two attached hydrogens (primary N) is 2. The molecular weight excluding hydrogens is 1430 g/mol. The van der Waals surface area contributed by atoms with Gasteiger partial charge in [-0.25, -0.2) is 25.3 Å². The number of benzene rings is 7. The number of rotatable bonds is 25. The maximum atomic E-state index is 12.9. The number of carboxylic acid groups (broad SMARTS) is 1. The van der Waals surface area contributed by atoms with Crippen molar-refractivity contribution in [3.05, 3.63) is 192 Å². The van der Waals surface area contributed by atoms with Gasteiger partial charge in [-0.2, -0.15) is 14.2 Å². The van der Waals surface area contributed by atoms with E-state index >= 15 is 0 Å². The molecule has 0 aliphatic carbocycles. The Hall–Kier alpha value is -9.34. The molecule has 0 aromatic heterocycles. The lowest BCUT2D eigenvalue weighted by Crippen LogP contribution is -2.47. The summed E-state index contributed by atoms with van der Waals surface area (Å²) in [5, 5.41) is 32.1. The second-order valence-corrected chi connectivity index (χ2v) is 32.7. The van der Waals surface area contributed by atoms with Crippen LogP contribution >= 0.6 is 0 Å². The molecule has 580 valence electrons. The topological polar surface area (TPSA) is 422 Å². The van der Waals surface area contributed by atoms with Gasteiger partial charge in [-0.3, -0.25) is 33.6 Å². The molecule has 0 fully saturated rings. The monoisotopic (exact) mass is 1540 g/mol. The van der Waals surface area contributed by atoms with E-state index in [2.05, 4.69) is 29.5 Å². The SMILES string of the molecule is CC(=O)NCc1ccc(-c2ccc(S(=O)(=O)N[C@@H](C(=O)O)C(C)C)cc2)cc1.CC(=O)NCc1ccc(-c2ccc(S(=O)(=O)N[C@@H](C(=O)OC(C)(C)C)C(C)C)cc2)cc1.CC(=O)OC(C)=O.CC(C)[C@@H](NS(=O)(=O)c1ccc(-c2ccc(CN)cc2)cc1)C(=O)OC(C)(C)C.NCc1ccc(B(O)O)cc1. The average molecular weight is 1540 g/mol. The van der Waals surface area contributed by atoms with Gasteiger partial charge >= 0.3 is 37.0 Å². The van der Waals surface area contributed by atoms with Gasteiger partial charge in [0, 0.05) is 53.9 Å². The molecule has 12 N–H and O–H groups in total. The van der Waals surface area contributed by atoms with Gasteiger partial charge in [-0.1, -0.05) is 175 Å². The lowest BCUT2D eigenvalue weighted by atomic mass is 9.80. The summed E-state index contributed by atoms with van der Waals surface area (Å²) < 4.78 is 98.2. The number of aliphatic carboxylic acids is 1. The smallest absolute Gasteiger partial charge is 0.480 e. The lowest BCUT2D eigenvalue weighted by Gasteiger charge is -2.26. The molecule has 0 aliphatic heterocycles. The van der Waals surface area contributed by atoms with Crippen LogP contribution in [0.25, 0.3) is 33.4 Å². The maximum Gasteiger partial charge on any atom is 0.488 e. The van der Waals surface area contributed by atoms with E-state index in [1.807, 2.05) is 72.8 Å². The number of esters is 4. The second kappa shape index (κ2) is 42.3. The predicted molar refractivity (Wildman–Crippen MR) is 411 cm³/mol. The number of ether oxygens (including phenoxy) is 3. The van der Waals surface area contributed by atoms with Crippen molar-refractivity contribution in [3.8, 4) is 33.4 Å². The number of carbonyl (C=O) groups is 7. The summed E-state index contributed by atoms with van der Waals surface area (Å²) in [6.45, 7) is 27.9. The molecule has 107 heavy (non-hydrogen) atoms. The number of nitrogens with one attached hydrogen (secondary N) is 5. The third-order valence-electron chi connectivity index (χ3n) is 14.9. The first kappa shape index (κ1) is 91.9. The molecule has 2 amide bonds. The van der Waals surface area contributed by atoms with E-state index < -0.39 is 96.4 Å². The minimum atomic E-state index is -3.94.